The van der Waals surface area contributed by atoms with E-state index in [-0.39, 0.29) is 0 Å². The minimum absolute atomic E-state index is 0.402. The topological polar surface area (TPSA) is 63.8 Å². The number of hydrogen-bond donors (Lipinski definition) is 1. The van der Waals surface area contributed by atoms with Gasteiger partial charge in [0, 0.05) is 24.5 Å². The van der Waals surface area contributed by atoms with Crippen LogP contribution >= 0.6 is 0 Å². The molecular weight excluding hydrogens is 312 g/mol. The molecule has 0 amide bonds. The third-order valence-corrected chi connectivity index (χ3v) is 3.86. The molecule has 0 saturated heterocycles. The van der Waals surface area contributed by atoms with Crippen LogP contribution in [0.3, 0.4) is 0 Å². The van der Waals surface area contributed by atoms with Crippen LogP contribution < -0.4 is 5.32 Å². The molecule has 5 heteroatoms. The standard InChI is InChI=1S/C20H16N4O/c1-2-4-16(5-3-1)17-8-6-15(7-9-17)14-22-20-24-23-19(25-20)18-10-12-21-13-11-18/h1-13H,14H2,(H,22,24). The Morgan fingerprint density at radius 2 is 1.44 bits per heavy atom. The highest BCUT2D eigenvalue weighted by Gasteiger charge is 2.07. The highest BCUT2D eigenvalue weighted by Crippen LogP contribution is 2.21. The highest BCUT2D eigenvalue weighted by atomic mass is 16.4. The van der Waals surface area contributed by atoms with Crippen LogP contribution in [0, 0.1) is 0 Å². The van der Waals surface area contributed by atoms with E-state index in [0.717, 1.165) is 11.1 Å². The van der Waals surface area contributed by atoms with Crippen LogP contribution in [-0.4, -0.2) is 15.2 Å². The van der Waals surface area contributed by atoms with E-state index in [4.69, 9.17) is 4.42 Å². The van der Waals surface area contributed by atoms with E-state index in [0.29, 0.717) is 18.5 Å². The Hall–Kier alpha value is -3.47. The lowest BCUT2D eigenvalue weighted by Crippen LogP contribution is -1.99. The summed E-state index contributed by atoms with van der Waals surface area (Å²) in [6, 6.07) is 22.8. The van der Waals surface area contributed by atoms with E-state index in [9.17, 15) is 0 Å². The molecule has 0 aliphatic rings. The molecule has 25 heavy (non-hydrogen) atoms. The molecule has 4 rings (SSSR count). The molecule has 1 N–H and O–H groups in total. The van der Waals surface area contributed by atoms with Gasteiger partial charge in [0.2, 0.25) is 5.89 Å². The maximum absolute atomic E-state index is 5.62. The fourth-order valence-corrected chi connectivity index (χ4v) is 2.53. The van der Waals surface area contributed by atoms with Crippen LogP contribution in [0.1, 0.15) is 5.56 Å². The zero-order valence-electron chi connectivity index (χ0n) is 13.5. The number of pyridine rings is 1. The number of benzene rings is 2. The highest BCUT2D eigenvalue weighted by molar-refractivity contribution is 5.63. The van der Waals surface area contributed by atoms with Gasteiger partial charge in [-0.25, -0.2) is 0 Å². The van der Waals surface area contributed by atoms with Crippen LogP contribution in [-0.2, 0) is 6.54 Å². The molecule has 0 fully saturated rings. The molecule has 5 nitrogen and oxygen atoms in total. The predicted octanol–water partition coefficient (Wildman–Crippen LogP) is 4.41. The molecule has 0 bridgehead atoms. The van der Waals surface area contributed by atoms with Gasteiger partial charge in [-0.05, 0) is 28.8 Å². The van der Waals surface area contributed by atoms with Gasteiger partial charge in [0.25, 0.3) is 0 Å². The maximum Gasteiger partial charge on any atom is 0.316 e. The second kappa shape index (κ2) is 6.97. The zero-order chi connectivity index (χ0) is 16.9. The third kappa shape index (κ3) is 3.55. The van der Waals surface area contributed by atoms with Crippen molar-refractivity contribution >= 4 is 6.01 Å². The van der Waals surface area contributed by atoms with Gasteiger partial charge in [-0.3, -0.25) is 4.98 Å². The normalized spacial score (nSPS) is 10.6. The van der Waals surface area contributed by atoms with Gasteiger partial charge in [-0.15, -0.1) is 5.10 Å². The first kappa shape index (κ1) is 15.1. The Balaban J connectivity index is 1.41. The van der Waals surface area contributed by atoms with Crippen LogP contribution in [0.25, 0.3) is 22.6 Å². The molecular formula is C20H16N4O. The molecule has 0 spiro atoms. The van der Waals surface area contributed by atoms with Gasteiger partial charge < -0.3 is 9.73 Å². The van der Waals surface area contributed by atoms with E-state index in [1.807, 2.05) is 30.3 Å². The van der Waals surface area contributed by atoms with Crippen molar-refractivity contribution in [3.63, 3.8) is 0 Å². The fraction of sp³-hybridized carbons (Fsp3) is 0.0500. The second-order valence-corrected chi connectivity index (χ2v) is 5.56. The Labute approximate surface area is 145 Å². The Kier molecular flexibility index (Phi) is 4.20. The van der Waals surface area contributed by atoms with Crippen LogP contribution in [0.2, 0.25) is 0 Å². The van der Waals surface area contributed by atoms with Gasteiger partial charge >= 0.3 is 6.01 Å². The Bertz CT molecular complexity index is 934. The van der Waals surface area contributed by atoms with E-state index < -0.39 is 0 Å². The molecule has 2 heterocycles. The molecule has 2 aromatic carbocycles. The molecule has 122 valence electrons. The first-order valence-electron chi connectivity index (χ1n) is 8.01. The van der Waals surface area contributed by atoms with Crippen molar-refractivity contribution in [3.05, 3.63) is 84.7 Å². The number of nitrogens with one attached hydrogen (secondary N) is 1. The summed E-state index contributed by atoms with van der Waals surface area (Å²) in [5.41, 5.74) is 4.40. The average Bonchev–Trinajstić information content (AvgIpc) is 3.17. The molecule has 0 saturated carbocycles. The summed E-state index contributed by atoms with van der Waals surface area (Å²) in [5, 5.41) is 11.2. The van der Waals surface area contributed by atoms with Crippen molar-refractivity contribution in [1.29, 1.82) is 0 Å². The van der Waals surface area contributed by atoms with Crippen LogP contribution in [0.4, 0.5) is 6.01 Å². The average molecular weight is 328 g/mol. The summed E-state index contributed by atoms with van der Waals surface area (Å²) in [7, 11) is 0. The number of rotatable bonds is 5. The molecule has 0 aliphatic heterocycles. The summed E-state index contributed by atoms with van der Waals surface area (Å²) in [6.45, 7) is 0.618. The molecule has 0 atom stereocenters. The third-order valence-electron chi connectivity index (χ3n) is 3.86. The molecule has 2 aromatic heterocycles. The maximum atomic E-state index is 5.62. The SMILES string of the molecule is c1ccc(-c2ccc(CNc3nnc(-c4ccncc4)o3)cc2)cc1. The summed E-state index contributed by atoms with van der Waals surface area (Å²) in [4.78, 5) is 3.98. The van der Waals surface area contributed by atoms with Gasteiger partial charge in [0.15, 0.2) is 0 Å². The minimum Gasteiger partial charge on any atom is -0.403 e. The van der Waals surface area contributed by atoms with Crippen LogP contribution in [0.15, 0.2) is 83.5 Å². The summed E-state index contributed by atoms with van der Waals surface area (Å²) in [5.74, 6) is 0.476. The predicted molar refractivity (Wildman–Crippen MR) is 96.7 cm³/mol. The molecule has 4 aromatic rings. The van der Waals surface area contributed by atoms with Gasteiger partial charge in [0.1, 0.15) is 0 Å². The van der Waals surface area contributed by atoms with Crippen molar-refractivity contribution in [2.45, 2.75) is 6.54 Å². The number of nitrogens with zero attached hydrogens (tertiary/aromatic N) is 3. The van der Waals surface area contributed by atoms with Crippen molar-refractivity contribution in [2.75, 3.05) is 5.32 Å². The number of aromatic nitrogens is 3. The lowest BCUT2D eigenvalue weighted by molar-refractivity contribution is 0.581. The monoisotopic (exact) mass is 328 g/mol. The van der Waals surface area contributed by atoms with Crippen LogP contribution in [0.5, 0.6) is 0 Å². The smallest absolute Gasteiger partial charge is 0.316 e. The largest absolute Gasteiger partial charge is 0.403 e. The summed E-state index contributed by atoms with van der Waals surface area (Å²) >= 11 is 0. The molecule has 0 unspecified atom stereocenters. The minimum atomic E-state index is 0.402. The first-order valence-corrected chi connectivity index (χ1v) is 8.01. The zero-order valence-corrected chi connectivity index (χ0v) is 13.5. The van der Waals surface area contributed by atoms with Gasteiger partial charge in [-0.1, -0.05) is 59.7 Å². The van der Waals surface area contributed by atoms with Gasteiger partial charge in [-0.2, -0.15) is 0 Å². The summed E-state index contributed by atoms with van der Waals surface area (Å²) in [6.07, 6.45) is 3.39. The molecule has 0 aliphatic carbocycles. The fourth-order valence-electron chi connectivity index (χ4n) is 2.53. The number of hydrogen-bond acceptors (Lipinski definition) is 5. The Morgan fingerprint density at radius 3 is 2.20 bits per heavy atom. The van der Waals surface area contributed by atoms with E-state index >= 15 is 0 Å². The van der Waals surface area contributed by atoms with Crippen molar-refractivity contribution in [3.8, 4) is 22.6 Å². The Morgan fingerprint density at radius 1 is 0.720 bits per heavy atom. The van der Waals surface area contributed by atoms with E-state index in [1.165, 1.54) is 11.1 Å². The van der Waals surface area contributed by atoms with Crippen molar-refractivity contribution in [2.24, 2.45) is 0 Å². The lowest BCUT2D eigenvalue weighted by atomic mass is 10.0. The van der Waals surface area contributed by atoms with E-state index in [2.05, 4.69) is 56.9 Å². The quantitative estimate of drug-likeness (QED) is 0.588. The lowest BCUT2D eigenvalue weighted by Gasteiger charge is -2.05. The van der Waals surface area contributed by atoms with Gasteiger partial charge in [0.05, 0.1) is 0 Å². The first-order chi connectivity index (χ1) is 12.4. The van der Waals surface area contributed by atoms with Crippen molar-refractivity contribution < 1.29 is 4.42 Å². The van der Waals surface area contributed by atoms with Crippen molar-refractivity contribution in [1.82, 2.24) is 15.2 Å². The number of anilines is 1. The summed E-state index contributed by atoms with van der Waals surface area (Å²) < 4.78 is 5.62. The van der Waals surface area contributed by atoms with E-state index in [1.54, 1.807) is 12.4 Å². The second-order valence-electron chi connectivity index (χ2n) is 5.56. The molecule has 0 radical (unpaired) electrons.